The number of carboxylic acid groups (broad SMARTS) is 1. The normalized spacial score (nSPS) is 19.1. The monoisotopic (exact) mass is 421 g/mol. The van der Waals surface area contributed by atoms with Gasteiger partial charge < -0.3 is 15.2 Å². The molecular weight excluding hydrogens is 402 g/mol. The second kappa shape index (κ2) is 8.75. The molecule has 0 saturated heterocycles. The second-order valence-electron chi connectivity index (χ2n) is 6.68. The molecule has 0 bridgehead atoms. The minimum absolute atomic E-state index is 0.255. The summed E-state index contributed by atoms with van der Waals surface area (Å²) in [6.07, 6.45) is 2.61. The Labute approximate surface area is 171 Å². The number of carboxylic acids is 1. The molecular formula is C20H20ClNO5S. The van der Waals surface area contributed by atoms with Crippen LogP contribution in [-0.4, -0.2) is 30.1 Å². The van der Waals surface area contributed by atoms with Gasteiger partial charge in [-0.1, -0.05) is 36.6 Å². The highest BCUT2D eigenvalue weighted by Gasteiger charge is 2.36. The van der Waals surface area contributed by atoms with Crippen molar-refractivity contribution in [3.05, 3.63) is 40.2 Å². The molecule has 0 radical (unpaired) electrons. The van der Waals surface area contributed by atoms with Gasteiger partial charge in [0.1, 0.15) is 10.6 Å². The quantitative estimate of drug-likeness (QED) is 0.683. The molecule has 1 aromatic heterocycles. The van der Waals surface area contributed by atoms with Gasteiger partial charge in [-0.15, -0.1) is 11.3 Å². The first-order valence-corrected chi connectivity index (χ1v) is 10.2. The number of ether oxygens (including phenoxy) is 1. The van der Waals surface area contributed by atoms with Gasteiger partial charge >= 0.3 is 11.9 Å². The summed E-state index contributed by atoms with van der Waals surface area (Å²) in [7, 11) is 1.28. The third-order valence-corrected chi connectivity index (χ3v) is 6.14. The number of carbonyl (C=O) groups excluding carboxylic acids is 2. The van der Waals surface area contributed by atoms with E-state index in [4.69, 9.17) is 16.3 Å². The fraction of sp³-hybridized carbons (Fsp3) is 0.350. The van der Waals surface area contributed by atoms with E-state index in [0.29, 0.717) is 28.4 Å². The number of rotatable bonds is 5. The van der Waals surface area contributed by atoms with E-state index in [-0.39, 0.29) is 11.5 Å². The number of methoxy groups -OCH3 is 1. The van der Waals surface area contributed by atoms with Gasteiger partial charge in [-0.25, -0.2) is 4.79 Å². The predicted molar refractivity (Wildman–Crippen MR) is 108 cm³/mol. The maximum absolute atomic E-state index is 12.8. The zero-order valence-corrected chi connectivity index (χ0v) is 16.8. The van der Waals surface area contributed by atoms with Gasteiger partial charge in [0.2, 0.25) is 5.91 Å². The molecule has 1 aliphatic rings. The maximum atomic E-state index is 12.8. The maximum Gasteiger partial charge on any atom is 0.341 e. The SMILES string of the molecule is COC(=O)c1c(-c2ccc(Cl)cc2)csc1NC(=O)[C@H]1CCCC[C@@H]1C(=O)O. The molecule has 0 unspecified atom stereocenters. The zero-order valence-electron chi connectivity index (χ0n) is 15.2. The van der Waals surface area contributed by atoms with Crippen molar-refractivity contribution in [1.82, 2.24) is 0 Å². The molecule has 1 saturated carbocycles. The van der Waals surface area contributed by atoms with Gasteiger partial charge in [0.05, 0.1) is 18.9 Å². The summed E-state index contributed by atoms with van der Waals surface area (Å²) >= 11 is 7.14. The Hall–Kier alpha value is -2.38. The minimum atomic E-state index is -0.957. The summed E-state index contributed by atoms with van der Waals surface area (Å²) < 4.78 is 4.90. The molecule has 2 atom stereocenters. The van der Waals surface area contributed by atoms with Gasteiger partial charge in [-0.05, 0) is 30.5 Å². The molecule has 0 aliphatic heterocycles. The lowest BCUT2D eigenvalue weighted by molar-refractivity contribution is -0.147. The number of thiophene rings is 1. The lowest BCUT2D eigenvalue weighted by atomic mass is 9.79. The van der Waals surface area contributed by atoms with Crippen LogP contribution in [0.3, 0.4) is 0 Å². The fourth-order valence-corrected chi connectivity index (χ4v) is 4.63. The molecule has 1 heterocycles. The van der Waals surface area contributed by atoms with E-state index >= 15 is 0 Å². The van der Waals surface area contributed by atoms with Gasteiger partial charge in [0.25, 0.3) is 0 Å². The molecule has 2 aromatic rings. The van der Waals surface area contributed by atoms with Crippen molar-refractivity contribution >= 4 is 45.8 Å². The van der Waals surface area contributed by atoms with Crippen LogP contribution in [0.15, 0.2) is 29.6 Å². The Balaban J connectivity index is 1.91. The first-order chi connectivity index (χ1) is 13.4. The molecule has 28 heavy (non-hydrogen) atoms. The largest absolute Gasteiger partial charge is 0.481 e. The summed E-state index contributed by atoms with van der Waals surface area (Å²) in [5, 5.41) is 14.9. The van der Waals surface area contributed by atoms with E-state index in [9.17, 15) is 19.5 Å². The highest BCUT2D eigenvalue weighted by Crippen LogP contribution is 2.38. The van der Waals surface area contributed by atoms with Crippen molar-refractivity contribution in [2.75, 3.05) is 12.4 Å². The standard InChI is InChI=1S/C20H20ClNO5S/c1-27-20(26)16-15(11-6-8-12(21)9-7-11)10-28-18(16)22-17(23)13-4-2-3-5-14(13)19(24)25/h6-10,13-14H,2-5H2,1H3,(H,22,23)(H,24,25)/t13-,14-/m0/s1. The molecule has 1 amide bonds. The highest BCUT2D eigenvalue weighted by atomic mass is 35.5. The molecule has 1 aliphatic carbocycles. The average molecular weight is 422 g/mol. The number of nitrogens with one attached hydrogen (secondary N) is 1. The number of hydrogen-bond donors (Lipinski definition) is 2. The third-order valence-electron chi connectivity index (χ3n) is 4.99. The lowest BCUT2D eigenvalue weighted by Gasteiger charge is -2.27. The van der Waals surface area contributed by atoms with Crippen LogP contribution >= 0.6 is 22.9 Å². The number of anilines is 1. The molecule has 1 aromatic carbocycles. The Bertz CT molecular complexity index is 893. The van der Waals surface area contributed by atoms with Crippen molar-refractivity contribution in [3.8, 4) is 11.1 Å². The van der Waals surface area contributed by atoms with Crippen LogP contribution in [0.5, 0.6) is 0 Å². The summed E-state index contributed by atoms with van der Waals surface area (Å²) in [5.41, 5.74) is 1.65. The Morgan fingerprint density at radius 1 is 1.14 bits per heavy atom. The van der Waals surface area contributed by atoms with Crippen molar-refractivity contribution in [1.29, 1.82) is 0 Å². The zero-order chi connectivity index (χ0) is 20.3. The summed E-state index contributed by atoms with van der Waals surface area (Å²) in [6, 6.07) is 6.99. The topological polar surface area (TPSA) is 92.7 Å². The predicted octanol–water partition coefficient (Wildman–Crippen LogP) is 4.68. The van der Waals surface area contributed by atoms with Gasteiger partial charge in [0.15, 0.2) is 0 Å². The summed E-state index contributed by atoms with van der Waals surface area (Å²) in [5.74, 6) is -3.22. The highest BCUT2D eigenvalue weighted by molar-refractivity contribution is 7.15. The molecule has 1 fully saturated rings. The van der Waals surface area contributed by atoms with Crippen LogP contribution in [0.1, 0.15) is 36.0 Å². The fourth-order valence-electron chi connectivity index (χ4n) is 3.54. The first-order valence-electron chi connectivity index (χ1n) is 8.91. The molecule has 0 spiro atoms. The summed E-state index contributed by atoms with van der Waals surface area (Å²) in [4.78, 5) is 36.7. The van der Waals surface area contributed by atoms with Crippen molar-refractivity contribution in [3.63, 3.8) is 0 Å². The molecule has 3 rings (SSSR count). The number of halogens is 1. The van der Waals surface area contributed by atoms with Crippen LogP contribution in [0, 0.1) is 11.8 Å². The van der Waals surface area contributed by atoms with Crippen LogP contribution in [0.4, 0.5) is 5.00 Å². The number of hydrogen-bond acceptors (Lipinski definition) is 5. The van der Waals surface area contributed by atoms with Crippen LogP contribution in [-0.2, 0) is 14.3 Å². The van der Waals surface area contributed by atoms with Crippen LogP contribution < -0.4 is 5.32 Å². The van der Waals surface area contributed by atoms with Crippen molar-refractivity contribution in [2.45, 2.75) is 25.7 Å². The van der Waals surface area contributed by atoms with E-state index in [0.717, 1.165) is 18.4 Å². The van der Waals surface area contributed by atoms with E-state index in [1.54, 1.807) is 29.6 Å². The molecule has 6 nitrogen and oxygen atoms in total. The number of carbonyl (C=O) groups is 3. The van der Waals surface area contributed by atoms with Gasteiger partial charge in [-0.3, -0.25) is 9.59 Å². The number of esters is 1. The molecule has 2 N–H and O–H groups in total. The van der Waals surface area contributed by atoms with Gasteiger partial charge in [-0.2, -0.15) is 0 Å². The Morgan fingerprint density at radius 2 is 1.79 bits per heavy atom. The van der Waals surface area contributed by atoms with Crippen LogP contribution in [0.2, 0.25) is 5.02 Å². The number of benzene rings is 1. The minimum Gasteiger partial charge on any atom is -0.481 e. The average Bonchev–Trinajstić information content (AvgIpc) is 3.11. The first kappa shape index (κ1) is 20.4. The van der Waals surface area contributed by atoms with Crippen molar-refractivity contribution in [2.24, 2.45) is 11.8 Å². The lowest BCUT2D eigenvalue weighted by Crippen LogP contribution is -2.36. The summed E-state index contributed by atoms with van der Waals surface area (Å²) in [6.45, 7) is 0. The van der Waals surface area contributed by atoms with Crippen molar-refractivity contribution < 1.29 is 24.2 Å². The van der Waals surface area contributed by atoms with E-state index < -0.39 is 23.8 Å². The smallest absolute Gasteiger partial charge is 0.341 e. The van der Waals surface area contributed by atoms with E-state index in [1.165, 1.54) is 18.4 Å². The Morgan fingerprint density at radius 3 is 2.39 bits per heavy atom. The van der Waals surface area contributed by atoms with E-state index in [2.05, 4.69) is 5.32 Å². The molecule has 148 valence electrons. The Kier molecular flexibility index (Phi) is 6.36. The number of aliphatic carboxylic acids is 1. The van der Waals surface area contributed by atoms with E-state index in [1.807, 2.05) is 0 Å². The molecule has 8 heteroatoms. The third kappa shape index (κ3) is 4.20. The van der Waals surface area contributed by atoms with Crippen LogP contribution in [0.25, 0.3) is 11.1 Å². The van der Waals surface area contributed by atoms with Gasteiger partial charge in [0, 0.05) is 16.0 Å². The number of amides is 1. The second-order valence-corrected chi connectivity index (χ2v) is 7.99.